The van der Waals surface area contributed by atoms with Crippen molar-refractivity contribution in [2.24, 2.45) is 4.99 Å². The molecule has 0 saturated heterocycles. The molecule has 0 bridgehead atoms. The first-order valence-corrected chi connectivity index (χ1v) is 10.8. The molecule has 0 radical (unpaired) electrons. The molecule has 0 saturated carbocycles. The first-order chi connectivity index (χ1) is 11.8. The van der Waals surface area contributed by atoms with Gasteiger partial charge in [0, 0.05) is 45.2 Å². The summed E-state index contributed by atoms with van der Waals surface area (Å²) in [7, 11) is 0.906. The highest BCUT2D eigenvalue weighted by atomic mass is 32.2. The molecule has 1 aromatic rings. The van der Waals surface area contributed by atoms with Crippen LogP contribution in [-0.2, 0) is 9.84 Å². The Kier molecular flexibility index (Phi) is 9.34. The molecule has 0 fully saturated rings. The zero-order valence-corrected chi connectivity index (χ0v) is 16.6. The summed E-state index contributed by atoms with van der Waals surface area (Å²) in [5, 5.41) is 6.51. The standard InChI is InChI=1S/C18H32N4O2S/c1-16(12-15-25(4,23)24)21-18(19-2)20-13-8-9-14-22(3)17-10-6-5-7-11-17/h5-7,10-11,16H,8-9,12-15H2,1-4H3,(H2,19,20,21). The van der Waals surface area contributed by atoms with E-state index in [4.69, 9.17) is 0 Å². The predicted octanol–water partition coefficient (Wildman–Crippen LogP) is 1.89. The highest BCUT2D eigenvalue weighted by molar-refractivity contribution is 7.90. The Balaban J connectivity index is 2.20. The van der Waals surface area contributed by atoms with E-state index in [1.54, 1.807) is 7.05 Å². The van der Waals surface area contributed by atoms with E-state index in [0.29, 0.717) is 6.42 Å². The number of benzene rings is 1. The Morgan fingerprint density at radius 2 is 1.92 bits per heavy atom. The van der Waals surface area contributed by atoms with Gasteiger partial charge in [-0.05, 0) is 38.3 Å². The van der Waals surface area contributed by atoms with E-state index in [9.17, 15) is 8.42 Å². The first-order valence-electron chi connectivity index (χ1n) is 8.73. The highest BCUT2D eigenvalue weighted by Gasteiger charge is 2.09. The predicted molar refractivity (Wildman–Crippen MR) is 107 cm³/mol. The quantitative estimate of drug-likeness (QED) is 0.375. The average molecular weight is 369 g/mol. The van der Waals surface area contributed by atoms with Crippen LogP contribution in [-0.4, -0.2) is 59.6 Å². The third-order valence-corrected chi connectivity index (χ3v) is 4.92. The zero-order valence-electron chi connectivity index (χ0n) is 15.8. The Labute approximate surface area is 152 Å². The Morgan fingerprint density at radius 1 is 1.24 bits per heavy atom. The fourth-order valence-corrected chi connectivity index (χ4v) is 3.17. The second-order valence-electron chi connectivity index (χ2n) is 6.43. The molecule has 0 heterocycles. The van der Waals surface area contributed by atoms with E-state index in [2.05, 4.69) is 39.7 Å². The molecule has 1 unspecified atom stereocenters. The number of unbranched alkanes of at least 4 members (excludes halogenated alkanes) is 1. The number of aliphatic imine (C=N–C) groups is 1. The summed E-state index contributed by atoms with van der Waals surface area (Å²) in [4.78, 5) is 6.44. The fraction of sp³-hybridized carbons (Fsp3) is 0.611. The van der Waals surface area contributed by atoms with Crippen molar-refractivity contribution in [2.75, 3.05) is 44.1 Å². The molecule has 0 aromatic heterocycles. The SMILES string of the molecule is CN=C(NCCCCN(C)c1ccccc1)NC(C)CCS(C)(=O)=O. The molecule has 7 heteroatoms. The number of guanidine groups is 1. The lowest BCUT2D eigenvalue weighted by Crippen LogP contribution is -2.43. The summed E-state index contributed by atoms with van der Waals surface area (Å²) in [6.45, 7) is 3.80. The second-order valence-corrected chi connectivity index (χ2v) is 8.69. The van der Waals surface area contributed by atoms with E-state index in [1.165, 1.54) is 11.9 Å². The minimum Gasteiger partial charge on any atom is -0.375 e. The van der Waals surface area contributed by atoms with Crippen LogP contribution in [0, 0.1) is 0 Å². The molecule has 0 aliphatic carbocycles. The number of hydrogen-bond acceptors (Lipinski definition) is 4. The smallest absolute Gasteiger partial charge is 0.191 e. The number of nitrogens with one attached hydrogen (secondary N) is 2. The van der Waals surface area contributed by atoms with Crippen molar-refractivity contribution in [2.45, 2.75) is 32.2 Å². The van der Waals surface area contributed by atoms with Crippen molar-refractivity contribution in [1.82, 2.24) is 10.6 Å². The van der Waals surface area contributed by atoms with E-state index >= 15 is 0 Å². The van der Waals surface area contributed by atoms with Gasteiger partial charge in [-0.2, -0.15) is 0 Å². The Hall–Kier alpha value is -1.76. The molecule has 25 heavy (non-hydrogen) atoms. The molecule has 0 spiro atoms. The number of sulfone groups is 1. The summed E-state index contributed by atoms with van der Waals surface area (Å²) in [6, 6.07) is 10.4. The number of rotatable bonds is 10. The summed E-state index contributed by atoms with van der Waals surface area (Å²) in [5.74, 6) is 0.904. The van der Waals surface area contributed by atoms with Gasteiger partial charge in [-0.1, -0.05) is 18.2 Å². The van der Waals surface area contributed by atoms with Gasteiger partial charge in [-0.15, -0.1) is 0 Å². The van der Waals surface area contributed by atoms with Crippen molar-refractivity contribution in [3.05, 3.63) is 30.3 Å². The third-order valence-electron chi connectivity index (χ3n) is 3.94. The van der Waals surface area contributed by atoms with Crippen LogP contribution in [0.15, 0.2) is 35.3 Å². The van der Waals surface area contributed by atoms with Crippen LogP contribution in [0.25, 0.3) is 0 Å². The average Bonchev–Trinajstić information content (AvgIpc) is 2.58. The number of hydrogen-bond donors (Lipinski definition) is 2. The van der Waals surface area contributed by atoms with Crippen LogP contribution < -0.4 is 15.5 Å². The highest BCUT2D eigenvalue weighted by Crippen LogP contribution is 2.11. The van der Waals surface area contributed by atoms with Gasteiger partial charge >= 0.3 is 0 Å². The van der Waals surface area contributed by atoms with Gasteiger partial charge in [-0.3, -0.25) is 4.99 Å². The largest absolute Gasteiger partial charge is 0.375 e. The number of para-hydroxylation sites is 1. The van der Waals surface area contributed by atoms with Gasteiger partial charge in [-0.25, -0.2) is 8.42 Å². The van der Waals surface area contributed by atoms with Crippen molar-refractivity contribution in [3.63, 3.8) is 0 Å². The Morgan fingerprint density at radius 3 is 2.52 bits per heavy atom. The molecule has 142 valence electrons. The summed E-state index contributed by atoms with van der Waals surface area (Å²) in [6.07, 6.45) is 3.95. The van der Waals surface area contributed by atoms with E-state index < -0.39 is 9.84 Å². The lowest BCUT2D eigenvalue weighted by Gasteiger charge is -2.20. The van der Waals surface area contributed by atoms with Gasteiger partial charge < -0.3 is 15.5 Å². The van der Waals surface area contributed by atoms with Crippen LogP contribution in [0.5, 0.6) is 0 Å². The minimum absolute atomic E-state index is 0.0603. The maximum absolute atomic E-state index is 11.2. The number of anilines is 1. The first kappa shape index (κ1) is 21.3. The van der Waals surface area contributed by atoms with E-state index in [0.717, 1.165) is 31.9 Å². The third kappa shape index (κ3) is 9.96. The normalized spacial score (nSPS) is 13.4. The topological polar surface area (TPSA) is 73.8 Å². The van der Waals surface area contributed by atoms with Crippen molar-refractivity contribution in [3.8, 4) is 0 Å². The van der Waals surface area contributed by atoms with Gasteiger partial charge in [0.25, 0.3) is 0 Å². The summed E-state index contributed by atoms with van der Waals surface area (Å²) in [5.41, 5.74) is 1.23. The van der Waals surface area contributed by atoms with Crippen LogP contribution in [0.4, 0.5) is 5.69 Å². The molecule has 1 rings (SSSR count). The van der Waals surface area contributed by atoms with Crippen LogP contribution in [0.2, 0.25) is 0 Å². The van der Waals surface area contributed by atoms with Crippen LogP contribution >= 0.6 is 0 Å². The zero-order chi connectivity index (χ0) is 18.7. The molecular formula is C18H32N4O2S. The molecule has 0 aliphatic rings. The van der Waals surface area contributed by atoms with E-state index in [1.807, 2.05) is 25.1 Å². The Bertz CT molecular complexity index is 617. The van der Waals surface area contributed by atoms with Crippen molar-refractivity contribution in [1.29, 1.82) is 0 Å². The summed E-state index contributed by atoms with van der Waals surface area (Å²) < 4.78 is 22.4. The van der Waals surface area contributed by atoms with Crippen molar-refractivity contribution >= 4 is 21.5 Å². The lowest BCUT2D eigenvalue weighted by molar-refractivity contribution is 0.580. The van der Waals surface area contributed by atoms with Crippen LogP contribution in [0.1, 0.15) is 26.2 Å². The monoisotopic (exact) mass is 368 g/mol. The maximum atomic E-state index is 11.2. The van der Waals surface area contributed by atoms with Gasteiger partial charge in [0.1, 0.15) is 9.84 Å². The van der Waals surface area contributed by atoms with Gasteiger partial charge in [0.15, 0.2) is 5.96 Å². The van der Waals surface area contributed by atoms with Gasteiger partial charge in [0.2, 0.25) is 0 Å². The molecular weight excluding hydrogens is 336 g/mol. The minimum atomic E-state index is -2.92. The maximum Gasteiger partial charge on any atom is 0.191 e. The second kappa shape index (κ2) is 11.0. The molecule has 0 amide bonds. The molecule has 0 aliphatic heterocycles. The molecule has 1 atom stereocenters. The molecule has 2 N–H and O–H groups in total. The molecule has 1 aromatic carbocycles. The van der Waals surface area contributed by atoms with Crippen molar-refractivity contribution < 1.29 is 8.42 Å². The van der Waals surface area contributed by atoms with Gasteiger partial charge in [0.05, 0.1) is 5.75 Å². The fourth-order valence-electron chi connectivity index (χ4n) is 2.38. The molecule has 6 nitrogen and oxygen atoms in total. The summed E-state index contributed by atoms with van der Waals surface area (Å²) >= 11 is 0. The van der Waals surface area contributed by atoms with E-state index in [-0.39, 0.29) is 11.8 Å². The van der Waals surface area contributed by atoms with Crippen LogP contribution in [0.3, 0.4) is 0 Å². The number of nitrogens with zero attached hydrogens (tertiary/aromatic N) is 2. The lowest BCUT2D eigenvalue weighted by atomic mass is 10.2.